The number of pyridine rings is 1. The number of para-hydroxylation sites is 2. The molecule has 0 saturated carbocycles. The number of nitrogens with one attached hydrogen (secondary N) is 2. The average molecular weight is 510 g/mol. The number of rotatable bonds is 5. The zero-order valence-electron chi connectivity index (χ0n) is 16.7. The Morgan fingerprint density at radius 3 is 2.59 bits per heavy atom. The van der Waals surface area contributed by atoms with Crippen LogP contribution in [0.15, 0.2) is 53.8 Å². The number of anilines is 2. The van der Waals surface area contributed by atoms with Gasteiger partial charge in [-0.2, -0.15) is 0 Å². The minimum absolute atomic E-state index is 0. The molecule has 2 aromatic rings. The first-order chi connectivity index (χ1) is 13.7. The van der Waals surface area contributed by atoms with Crippen molar-refractivity contribution in [1.29, 1.82) is 0 Å². The first-order valence-electron chi connectivity index (χ1n) is 9.24. The molecular formula is C20H27IN6O2. The number of carbonyl (C=O) groups excluding carboxylic acids is 1. The smallest absolute Gasteiger partial charge is 0.243 e. The summed E-state index contributed by atoms with van der Waals surface area (Å²) in [5.41, 5.74) is 1.78. The highest BCUT2D eigenvalue weighted by molar-refractivity contribution is 14.0. The lowest BCUT2D eigenvalue weighted by atomic mass is 10.2. The van der Waals surface area contributed by atoms with E-state index in [9.17, 15) is 4.79 Å². The number of methoxy groups -OCH3 is 1. The molecule has 1 aromatic heterocycles. The Bertz CT molecular complexity index is 810. The van der Waals surface area contributed by atoms with E-state index in [0.717, 1.165) is 43.6 Å². The van der Waals surface area contributed by atoms with E-state index in [-0.39, 0.29) is 36.4 Å². The van der Waals surface area contributed by atoms with Crippen molar-refractivity contribution in [3.8, 4) is 5.75 Å². The molecule has 1 fully saturated rings. The average Bonchev–Trinajstić information content (AvgIpc) is 2.75. The number of aromatic nitrogens is 1. The highest BCUT2D eigenvalue weighted by Crippen LogP contribution is 2.28. The number of carbonyl (C=O) groups is 1. The van der Waals surface area contributed by atoms with E-state index in [4.69, 9.17) is 4.74 Å². The van der Waals surface area contributed by atoms with Crippen molar-refractivity contribution in [2.75, 3.05) is 57.1 Å². The number of hydrogen-bond donors (Lipinski definition) is 2. The Kier molecular flexibility index (Phi) is 8.97. The number of benzene rings is 1. The summed E-state index contributed by atoms with van der Waals surface area (Å²) in [4.78, 5) is 24.9. The van der Waals surface area contributed by atoms with Gasteiger partial charge in [-0.25, -0.2) is 0 Å². The van der Waals surface area contributed by atoms with Gasteiger partial charge in [-0.1, -0.05) is 12.1 Å². The van der Waals surface area contributed by atoms with Crippen LogP contribution >= 0.6 is 24.0 Å². The molecule has 0 radical (unpaired) electrons. The molecule has 2 heterocycles. The van der Waals surface area contributed by atoms with Crippen molar-refractivity contribution < 1.29 is 9.53 Å². The molecular weight excluding hydrogens is 483 g/mol. The second kappa shape index (κ2) is 11.4. The molecule has 1 amide bonds. The summed E-state index contributed by atoms with van der Waals surface area (Å²) in [6, 6.07) is 11.6. The third kappa shape index (κ3) is 6.21. The van der Waals surface area contributed by atoms with Crippen LogP contribution in [0.5, 0.6) is 5.75 Å². The molecule has 156 valence electrons. The van der Waals surface area contributed by atoms with Crippen molar-refractivity contribution in [2.45, 2.75) is 0 Å². The molecule has 9 heteroatoms. The van der Waals surface area contributed by atoms with Gasteiger partial charge in [0.25, 0.3) is 0 Å². The molecule has 1 saturated heterocycles. The molecule has 1 aromatic carbocycles. The molecule has 2 N–H and O–H groups in total. The number of guanidine groups is 1. The van der Waals surface area contributed by atoms with Crippen molar-refractivity contribution >= 4 is 47.2 Å². The molecule has 0 atom stereocenters. The molecule has 0 bridgehead atoms. The van der Waals surface area contributed by atoms with E-state index in [1.807, 2.05) is 18.2 Å². The van der Waals surface area contributed by atoms with E-state index < -0.39 is 0 Å². The molecule has 1 aliphatic rings. The van der Waals surface area contributed by atoms with E-state index in [2.05, 4.69) is 36.5 Å². The fraction of sp³-hybridized carbons (Fsp3) is 0.350. The maximum absolute atomic E-state index is 12.1. The van der Waals surface area contributed by atoms with Gasteiger partial charge in [-0.15, -0.1) is 24.0 Å². The SMILES string of the molecule is CN=C(NCC(=O)Nc1cccnc1)N1CCN(c2ccccc2OC)CC1.I. The van der Waals surface area contributed by atoms with Crippen LogP contribution in [-0.2, 0) is 4.79 Å². The zero-order chi connectivity index (χ0) is 19.8. The van der Waals surface area contributed by atoms with E-state index in [0.29, 0.717) is 5.69 Å². The maximum Gasteiger partial charge on any atom is 0.243 e. The third-order valence-electron chi connectivity index (χ3n) is 4.57. The lowest BCUT2D eigenvalue weighted by Gasteiger charge is -2.38. The number of nitrogens with zero attached hydrogens (tertiary/aromatic N) is 4. The van der Waals surface area contributed by atoms with Crippen LogP contribution < -0.4 is 20.3 Å². The van der Waals surface area contributed by atoms with Gasteiger partial charge in [0.05, 0.1) is 31.2 Å². The minimum Gasteiger partial charge on any atom is -0.495 e. The Labute approximate surface area is 188 Å². The van der Waals surface area contributed by atoms with Crippen LogP contribution in [-0.4, -0.2) is 68.6 Å². The van der Waals surface area contributed by atoms with Gasteiger partial charge in [-0.3, -0.25) is 14.8 Å². The zero-order valence-corrected chi connectivity index (χ0v) is 19.0. The molecule has 0 spiro atoms. The molecule has 1 aliphatic heterocycles. The minimum atomic E-state index is -0.137. The highest BCUT2D eigenvalue weighted by Gasteiger charge is 2.21. The highest BCUT2D eigenvalue weighted by atomic mass is 127. The second-order valence-corrected chi connectivity index (χ2v) is 6.34. The van der Waals surface area contributed by atoms with Crippen LogP contribution in [0.2, 0.25) is 0 Å². The van der Waals surface area contributed by atoms with Crippen LogP contribution in [0.4, 0.5) is 11.4 Å². The molecule has 8 nitrogen and oxygen atoms in total. The van der Waals surface area contributed by atoms with Gasteiger partial charge >= 0.3 is 0 Å². The van der Waals surface area contributed by atoms with Crippen LogP contribution in [0.1, 0.15) is 0 Å². The maximum atomic E-state index is 12.1. The van der Waals surface area contributed by atoms with Gasteiger partial charge < -0.3 is 25.2 Å². The quantitative estimate of drug-likeness (QED) is 0.364. The van der Waals surface area contributed by atoms with E-state index in [1.165, 1.54) is 0 Å². The van der Waals surface area contributed by atoms with E-state index in [1.54, 1.807) is 38.7 Å². The summed E-state index contributed by atoms with van der Waals surface area (Å²) in [5, 5.41) is 5.94. The van der Waals surface area contributed by atoms with Gasteiger partial charge in [0.1, 0.15) is 5.75 Å². The van der Waals surface area contributed by atoms with Crippen LogP contribution in [0.25, 0.3) is 0 Å². The predicted molar refractivity (Wildman–Crippen MR) is 126 cm³/mol. The Morgan fingerprint density at radius 1 is 1.17 bits per heavy atom. The first kappa shape index (κ1) is 22.7. The van der Waals surface area contributed by atoms with Crippen molar-refractivity contribution in [1.82, 2.24) is 15.2 Å². The van der Waals surface area contributed by atoms with Gasteiger partial charge in [0.2, 0.25) is 5.91 Å². The Hall–Kier alpha value is -2.56. The van der Waals surface area contributed by atoms with Crippen molar-refractivity contribution in [2.24, 2.45) is 4.99 Å². The van der Waals surface area contributed by atoms with Crippen molar-refractivity contribution in [3.05, 3.63) is 48.8 Å². The summed E-state index contributed by atoms with van der Waals surface area (Å²) in [6.45, 7) is 3.46. The second-order valence-electron chi connectivity index (χ2n) is 6.34. The van der Waals surface area contributed by atoms with Crippen molar-refractivity contribution in [3.63, 3.8) is 0 Å². The summed E-state index contributed by atoms with van der Waals surface area (Å²) in [5.74, 6) is 1.47. The largest absolute Gasteiger partial charge is 0.495 e. The predicted octanol–water partition coefficient (Wildman–Crippen LogP) is 2.04. The number of hydrogen-bond acceptors (Lipinski definition) is 5. The lowest BCUT2D eigenvalue weighted by molar-refractivity contribution is -0.115. The number of ether oxygens (including phenoxy) is 1. The molecule has 3 rings (SSSR count). The monoisotopic (exact) mass is 510 g/mol. The number of amides is 1. The fourth-order valence-corrected chi connectivity index (χ4v) is 3.18. The fourth-order valence-electron chi connectivity index (χ4n) is 3.18. The molecule has 0 unspecified atom stereocenters. The summed E-state index contributed by atoms with van der Waals surface area (Å²) < 4.78 is 5.47. The van der Waals surface area contributed by atoms with E-state index >= 15 is 0 Å². The Morgan fingerprint density at radius 2 is 1.93 bits per heavy atom. The van der Waals surface area contributed by atoms with Gasteiger partial charge in [0, 0.05) is 39.4 Å². The lowest BCUT2D eigenvalue weighted by Crippen LogP contribution is -2.53. The number of piperazine rings is 1. The standard InChI is InChI=1S/C20H26N6O2.HI/c1-21-20(23-15-19(27)24-16-6-5-9-22-14-16)26-12-10-25(11-13-26)17-7-3-4-8-18(17)28-2;/h3-9,14H,10-13,15H2,1-2H3,(H,21,23)(H,24,27);1H. The summed E-state index contributed by atoms with van der Waals surface area (Å²) >= 11 is 0. The Balaban J connectivity index is 0.00000300. The topological polar surface area (TPSA) is 82.1 Å². The van der Waals surface area contributed by atoms with Gasteiger partial charge in [0.15, 0.2) is 5.96 Å². The molecule has 0 aliphatic carbocycles. The molecule has 29 heavy (non-hydrogen) atoms. The third-order valence-corrected chi connectivity index (χ3v) is 4.57. The number of aliphatic imine (C=N–C) groups is 1. The first-order valence-corrected chi connectivity index (χ1v) is 9.24. The summed E-state index contributed by atoms with van der Waals surface area (Å²) in [6.07, 6.45) is 3.28. The number of halogens is 1. The van der Waals surface area contributed by atoms with Crippen LogP contribution in [0, 0.1) is 0 Å². The summed E-state index contributed by atoms with van der Waals surface area (Å²) in [7, 11) is 3.42. The van der Waals surface area contributed by atoms with Gasteiger partial charge in [-0.05, 0) is 24.3 Å². The normalized spacial score (nSPS) is 14.1. The van der Waals surface area contributed by atoms with Crippen LogP contribution in [0.3, 0.4) is 0 Å².